The van der Waals surface area contributed by atoms with E-state index in [1.54, 1.807) is 0 Å². The van der Waals surface area contributed by atoms with Gasteiger partial charge in [0, 0.05) is 33.5 Å². The molecule has 274 valence electrons. The zero-order valence-corrected chi connectivity index (χ0v) is 31.6. The van der Waals surface area contributed by atoms with Crippen molar-refractivity contribution < 1.29 is 0 Å². The monoisotopic (exact) mass is 743 g/mol. The number of benzene rings is 8. The van der Waals surface area contributed by atoms with E-state index in [9.17, 15) is 0 Å². The van der Waals surface area contributed by atoms with Crippen LogP contribution < -0.4 is 16.0 Å². The topological polar surface area (TPSA) is 45.4 Å². The summed E-state index contributed by atoms with van der Waals surface area (Å²) >= 11 is 0. The van der Waals surface area contributed by atoms with Crippen LogP contribution in [0.3, 0.4) is 0 Å². The lowest BCUT2D eigenvalue weighted by Crippen LogP contribution is -2.41. The van der Waals surface area contributed by atoms with Crippen molar-refractivity contribution in [2.75, 3.05) is 17.2 Å². The largest absolute Gasteiger partial charge is 0.374 e. The van der Waals surface area contributed by atoms with Crippen LogP contribution in [0.15, 0.2) is 188 Å². The van der Waals surface area contributed by atoms with Gasteiger partial charge in [-0.05, 0) is 87.0 Å². The molecule has 2 aliphatic heterocycles. The number of anilines is 2. The van der Waals surface area contributed by atoms with Crippen LogP contribution in [0.4, 0.5) is 11.4 Å². The number of fused-ring (bicyclic) bond motifs is 8. The molecule has 2 atom stereocenters. The van der Waals surface area contributed by atoms with Gasteiger partial charge < -0.3 is 20.4 Å². The number of hydrogen-bond donors (Lipinski definition) is 3. The van der Waals surface area contributed by atoms with Gasteiger partial charge in [0.15, 0.2) is 0 Å². The Morgan fingerprint density at radius 2 is 1.10 bits per heavy atom. The van der Waals surface area contributed by atoms with Crippen LogP contribution in [-0.4, -0.2) is 21.6 Å². The van der Waals surface area contributed by atoms with E-state index < -0.39 is 0 Å². The molecule has 5 heterocycles. The van der Waals surface area contributed by atoms with Gasteiger partial charge in [0.25, 0.3) is 0 Å². The van der Waals surface area contributed by atoms with E-state index in [-0.39, 0.29) is 12.1 Å². The third kappa shape index (κ3) is 4.41. The van der Waals surface area contributed by atoms with Gasteiger partial charge in [-0.3, -0.25) is 4.57 Å². The van der Waals surface area contributed by atoms with Gasteiger partial charge in [-0.25, -0.2) is 0 Å². The Labute approximate surface area is 334 Å². The van der Waals surface area contributed by atoms with Crippen LogP contribution >= 0.6 is 0 Å². The Balaban J connectivity index is 0.997. The Morgan fingerprint density at radius 1 is 0.448 bits per heavy atom. The lowest BCUT2D eigenvalue weighted by atomic mass is 9.88. The van der Waals surface area contributed by atoms with E-state index in [0.717, 1.165) is 17.2 Å². The highest BCUT2D eigenvalue weighted by atomic mass is 15.2. The van der Waals surface area contributed by atoms with Crippen LogP contribution in [0.5, 0.6) is 0 Å². The second-order valence-electron chi connectivity index (χ2n) is 15.9. The fraction of sp³-hybridized carbons (Fsp3) is 0.0566. The maximum Gasteiger partial charge on any atom is 0.111 e. The molecular weight excluding hydrogens is 707 g/mol. The van der Waals surface area contributed by atoms with Gasteiger partial charge in [0.2, 0.25) is 0 Å². The lowest BCUT2D eigenvalue weighted by molar-refractivity contribution is 0.646. The first kappa shape index (κ1) is 31.7. The van der Waals surface area contributed by atoms with Crippen LogP contribution in [0.2, 0.25) is 0 Å². The highest BCUT2D eigenvalue weighted by Gasteiger charge is 2.33. The number of allylic oxidation sites excluding steroid dienone is 2. The lowest BCUT2D eigenvalue weighted by Gasteiger charge is -2.39. The molecule has 2 unspecified atom stereocenters. The quantitative estimate of drug-likeness (QED) is 0.168. The number of para-hydroxylation sites is 3. The Morgan fingerprint density at radius 3 is 1.97 bits per heavy atom. The van der Waals surface area contributed by atoms with Gasteiger partial charge in [-0.15, -0.1) is 0 Å². The smallest absolute Gasteiger partial charge is 0.111 e. The second kappa shape index (κ2) is 12.0. The van der Waals surface area contributed by atoms with Crippen LogP contribution in [0, 0.1) is 0 Å². The maximum atomic E-state index is 3.95. The summed E-state index contributed by atoms with van der Waals surface area (Å²) in [5, 5.41) is 22.1. The van der Waals surface area contributed by atoms with Crippen LogP contribution in [0.25, 0.3) is 87.6 Å². The first-order valence-corrected chi connectivity index (χ1v) is 20.2. The summed E-state index contributed by atoms with van der Waals surface area (Å²) in [6.07, 6.45) is 4.62. The van der Waals surface area contributed by atoms with Gasteiger partial charge in [-0.2, -0.15) is 0 Å². The van der Waals surface area contributed by atoms with Crippen molar-refractivity contribution >= 4 is 87.9 Å². The fourth-order valence-electron chi connectivity index (χ4n) is 10.3. The SMILES string of the molecule is C1=C(C2Nc3ccccc3NC2c2cccc(-c3ccccc3)c2)CNC(n2c3cccc4c5cccc6c7c8ccccc8ccc7n(c7cccc2c7c43)c56)=C1. The molecule has 3 N–H and O–H groups in total. The molecule has 0 radical (unpaired) electrons. The molecule has 0 saturated heterocycles. The van der Waals surface area contributed by atoms with E-state index in [0.29, 0.717) is 6.54 Å². The number of nitrogens with one attached hydrogen (secondary N) is 3. The molecule has 0 amide bonds. The number of aromatic nitrogens is 2. The van der Waals surface area contributed by atoms with Crippen molar-refractivity contribution in [3.63, 3.8) is 0 Å². The first-order chi connectivity index (χ1) is 28.8. The molecule has 58 heavy (non-hydrogen) atoms. The minimum Gasteiger partial charge on any atom is -0.374 e. The molecule has 8 aromatic carbocycles. The Bertz CT molecular complexity index is 3530. The maximum absolute atomic E-state index is 3.95. The predicted molar refractivity (Wildman–Crippen MR) is 244 cm³/mol. The minimum absolute atomic E-state index is 0.0307. The highest BCUT2D eigenvalue weighted by Crippen LogP contribution is 2.46. The summed E-state index contributed by atoms with van der Waals surface area (Å²) in [7, 11) is 0. The van der Waals surface area contributed by atoms with Gasteiger partial charge in [0.1, 0.15) is 5.82 Å². The van der Waals surface area contributed by atoms with Crippen molar-refractivity contribution in [1.82, 2.24) is 14.3 Å². The molecule has 0 bridgehead atoms. The minimum atomic E-state index is 0.0307. The number of nitrogens with zero attached hydrogens (tertiary/aromatic N) is 2. The molecule has 5 nitrogen and oxygen atoms in total. The molecule has 0 spiro atoms. The van der Waals surface area contributed by atoms with E-state index in [4.69, 9.17) is 0 Å². The standard InChI is InChI=1S/C53H37N5/c1-2-12-32(13-3-1)34-15-8-16-35(30-34)51-52(56-42-22-7-6-21-41(42)55-51)36-27-29-47(54-31-36)57-43-23-10-18-38-39-19-9-20-40-48-37-17-5-4-14-33(37)26-28-46(48)58(53(39)40)45-25-11-24-44(57)50(45)49(38)43/h1-30,51-52,54-56H,31H2. The number of dihydropyridines is 1. The van der Waals surface area contributed by atoms with Gasteiger partial charge in [0.05, 0.1) is 51.0 Å². The number of hydrogen-bond acceptors (Lipinski definition) is 3. The summed E-state index contributed by atoms with van der Waals surface area (Å²) in [6.45, 7) is 0.710. The molecule has 0 aliphatic carbocycles. The molecule has 2 aliphatic rings. The zero-order chi connectivity index (χ0) is 37.9. The summed E-state index contributed by atoms with van der Waals surface area (Å²) in [5.41, 5.74) is 13.4. The van der Waals surface area contributed by atoms with Crippen molar-refractivity contribution in [2.24, 2.45) is 0 Å². The van der Waals surface area contributed by atoms with E-state index in [2.05, 4.69) is 207 Å². The van der Waals surface area contributed by atoms with Gasteiger partial charge in [-0.1, -0.05) is 133 Å². The van der Waals surface area contributed by atoms with Crippen molar-refractivity contribution in [3.05, 3.63) is 193 Å². The molecule has 0 fully saturated rings. The number of rotatable bonds is 4. The summed E-state index contributed by atoms with van der Waals surface area (Å²) in [4.78, 5) is 0. The Kier molecular flexibility index (Phi) is 6.55. The van der Waals surface area contributed by atoms with E-state index in [1.807, 2.05) is 0 Å². The molecule has 13 rings (SSSR count). The molecule has 11 aromatic rings. The van der Waals surface area contributed by atoms with Gasteiger partial charge >= 0.3 is 0 Å². The normalized spacial score (nSPS) is 16.8. The summed E-state index contributed by atoms with van der Waals surface area (Å²) in [5.74, 6) is 1.08. The van der Waals surface area contributed by atoms with Crippen LogP contribution in [0.1, 0.15) is 11.6 Å². The van der Waals surface area contributed by atoms with E-state index in [1.165, 1.54) is 92.9 Å². The zero-order valence-electron chi connectivity index (χ0n) is 31.6. The average Bonchev–Trinajstić information content (AvgIpc) is 3.78. The van der Waals surface area contributed by atoms with Crippen molar-refractivity contribution in [1.29, 1.82) is 0 Å². The van der Waals surface area contributed by atoms with E-state index >= 15 is 0 Å². The molecule has 3 aromatic heterocycles. The highest BCUT2D eigenvalue weighted by molar-refractivity contribution is 6.33. The third-order valence-corrected chi connectivity index (χ3v) is 12.8. The fourth-order valence-corrected chi connectivity index (χ4v) is 10.3. The van der Waals surface area contributed by atoms with Crippen LogP contribution in [-0.2, 0) is 0 Å². The summed E-state index contributed by atoms with van der Waals surface area (Å²) in [6, 6.07) is 62.2. The molecule has 5 heteroatoms. The third-order valence-electron chi connectivity index (χ3n) is 12.8. The molecule has 0 saturated carbocycles. The van der Waals surface area contributed by atoms with Crippen molar-refractivity contribution in [2.45, 2.75) is 12.1 Å². The second-order valence-corrected chi connectivity index (χ2v) is 15.9. The summed E-state index contributed by atoms with van der Waals surface area (Å²) < 4.78 is 4.98. The molecular formula is C53H37N5. The Hall–Kier alpha value is -7.50. The predicted octanol–water partition coefficient (Wildman–Crippen LogP) is 12.7. The average molecular weight is 744 g/mol. The van der Waals surface area contributed by atoms with Crippen molar-refractivity contribution in [3.8, 4) is 11.1 Å². The first-order valence-electron chi connectivity index (χ1n) is 20.2.